The normalized spacial score (nSPS) is 12.2. The van der Waals surface area contributed by atoms with Crippen LogP contribution >= 0.6 is 34.8 Å². The molecule has 0 unspecified atom stereocenters. The average molecular weight is 399 g/mol. The van der Waals surface area contributed by atoms with Gasteiger partial charge in [-0.2, -0.15) is 0 Å². The zero-order chi connectivity index (χ0) is 18.4. The highest BCUT2D eigenvalue weighted by atomic mass is 35.5. The third-order valence-electron chi connectivity index (χ3n) is 3.11. The molecule has 2 rings (SSSR count). The fourth-order valence-electron chi connectivity index (χ4n) is 1.91. The minimum absolute atomic E-state index is 0.124. The molecule has 7 heteroatoms. The number of hydrogen-bond acceptors (Lipinski definition) is 4. The van der Waals surface area contributed by atoms with Gasteiger partial charge in [-0.15, -0.1) is 0 Å². The summed E-state index contributed by atoms with van der Waals surface area (Å²) < 4.78 is 4.98. The van der Waals surface area contributed by atoms with Crippen LogP contribution in [0.4, 0.5) is 5.69 Å². The minimum atomic E-state index is -0.719. The Labute approximate surface area is 160 Å². The van der Waals surface area contributed by atoms with Crippen LogP contribution in [0.2, 0.25) is 15.1 Å². The van der Waals surface area contributed by atoms with E-state index in [1.165, 1.54) is 18.3 Å². The highest BCUT2D eigenvalue weighted by Gasteiger charge is 2.18. The van der Waals surface area contributed by atoms with Crippen molar-refractivity contribution in [1.82, 2.24) is 0 Å². The highest BCUT2D eigenvalue weighted by Crippen LogP contribution is 2.28. The van der Waals surface area contributed by atoms with E-state index in [9.17, 15) is 9.90 Å². The van der Waals surface area contributed by atoms with Crippen molar-refractivity contribution >= 4 is 58.4 Å². The summed E-state index contributed by atoms with van der Waals surface area (Å²) in [6, 6.07) is 11.2. The molecule has 0 radical (unpaired) electrons. The van der Waals surface area contributed by atoms with Crippen LogP contribution in [0.5, 0.6) is 0 Å². The van der Waals surface area contributed by atoms with E-state index in [-0.39, 0.29) is 28.5 Å². The topological polar surface area (TPSA) is 58.9 Å². The molecular formula is C18H14Cl3NO3. The molecule has 1 N–H and O–H groups in total. The molecule has 130 valence electrons. The third-order valence-corrected chi connectivity index (χ3v) is 3.91. The van der Waals surface area contributed by atoms with Gasteiger partial charge in [-0.05, 0) is 49.4 Å². The molecular weight excluding hydrogens is 385 g/mol. The first-order valence-electron chi connectivity index (χ1n) is 7.27. The van der Waals surface area contributed by atoms with Crippen LogP contribution in [0.15, 0.2) is 53.0 Å². The number of halogens is 3. The summed E-state index contributed by atoms with van der Waals surface area (Å²) in [6.07, 6.45) is 1.22. The van der Waals surface area contributed by atoms with Gasteiger partial charge < -0.3 is 9.84 Å². The highest BCUT2D eigenvalue weighted by molar-refractivity contribution is 6.36. The smallest absolute Gasteiger partial charge is 0.343 e. The fourth-order valence-corrected chi connectivity index (χ4v) is 2.54. The van der Waals surface area contributed by atoms with Crippen LogP contribution in [0.25, 0.3) is 5.76 Å². The molecule has 0 saturated heterocycles. The number of hydrogen-bond donors (Lipinski definition) is 1. The maximum atomic E-state index is 12.2. The third kappa shape index (κ3) is 5.23. The molecule has 0 aliphatic carbocycles. The molecule has 0 saturated carbocycles. The fraction of sp³-hybridized carbons (Fsp3) is 0.111. The van der Waals surface area contributed by atoms with Crippen molar-refractivity contribution in [3.05, 3.63) is 68.7 Å². The van der Waals surface area contributed by atoms with Gasteiger partial charge in [0.05, 0.1) is 17.3 Å². The first-order valence-corrected chi connectivity index (χ1v) is 8.41. The van der Waals surface area contributed by atoms with Gasteiger partial charge >= 0.3 is 5.97 Å². The van der Waals surface area contributed by atoms with Crippen LogP contribution in [0, 0.1) is 0 Å². The van der Waals surface area contributed by atoms with Crippen molar-refractivity contribution in [2.24, 2.45) is 4.99 Å². The molecule has 2 aromatic rings. The van der Waals surface area contributed by atoms with Crippen molar-refractivity contribution in [3.63, 3.8) is 0 Å². The summed E-state index contributed by atoms with van der Waals surface area (Å²) in [5, 5.41) is 11.7. The summed E-state index contributed by atoms with van der Waals surface area (Å²) in [4.78, 5) is 16.4. The zero-order valence-corrected chi connectivity index (χ0v) is 15.4. The number of esters is 1. The Morgan fingerprint density at radius 2 is 1.76 bits per heavy atom. The summed E-state index contributed by atoms with van der Waals surface area (Å²) in [7, 11) is 0. The lowest BCUT2D eigenvalue weighted by atomic mass is 10.1. The summed E-state index contributed by atoms with van der Waals surface area (Å²) in [5.74, 6) is -1.07. The number of carbonyl (C=O) groups excluding carboxylic acids is 1. The zero-order valence-electron chi connectivity index (χ0n) is 13.2. The number of aliphatic imine (C=N–C) groups is 1. The van der Waals surface area contributed by atoms with E-state index in [2.05, 4.69) is 4.99 Å². The van der Waals surface area contributed by atoms with E-state index in [1.54, 1.807) is 37.3 Å². The minimum Gasteiger partial charge on any atom is -0.506 e. The Kier molecular flexibility index (Phi) is 6.88. The molecule has 0 fully saturated rings. The molecule has 0 heterocycles. The molecule has 25 heavy (non-hydrogen) atoms. The van der Waals surface area contributed by atoms with Crippen molar-refractivity contribution in [3.8, 4) is 0 Å². The van der Waals surface area contributed by atoms with E-state index in [1.807, 2.05) is 0 Å². The van der Waals surface area contributed by atoms with E-state index in [0.29, 0.717) is 15.7 Å². The Bertz CT molecular complexity index is 830. The number of carbonyl (C=O) groups is 1. The first kappa shape index (κ1) is 19.3. The molecule has 0 atom stereocenters. The van der Waals surface area contributed by atoms with Crippen LogP contribution in [-0.4, -0.2) is 23.9 Å². The molecule has 0 spiro atoms. The van der Waals surface area contributed by atoms with Crippen LogP contribution in [0.3, 0.4) is 0 Å². The van der Waals surface area contributed by atoms with E-state index in [0.717, 1.165) is 0 Å². The molecule has 2 aromatic carbocycles. The molecule has 4 nitrogen and oxygen atoms in total. The van der Waals surface area contributed by atoms with E-state index >= 15 is 0 Å². The van der Waals surface area contributed by atoms with Gasteiger partial charge in [0.15, 0.2) is 0 Å². The van der Waals surface area contributed by atoms with Gasteiger partial charge in [-0.25, -0.2) is 4.79 Å². The summed E-state index contributed by atoms with van der Waals surface area (Å²) >= 11 is 17.8. The maximum absolute atomic E-state index is 12.2. The SMILES string of the molecule is CCOC(=O)C(C=Nc1ccc(Cl)cc1)=C(O)c1ccc(Cl)cc1Cl. The second-order valence-electron chi connectivity index (χ2n) is 4.84. The molecule has 0 aliphatic rings. The first-order chi connectivity index (χ1) is 11.9. The number of aliphatic hydroxyl groups is 1. The lowest BCUT2D eigenvalue weighted by molar-refractivity contribution is -0.137. The molecule has 0 bridgehead atoms. The second-order valence-corrected chi connectivity index (χ2v) is 6.12. The Balaban J connectivity index is 2.47. The largest absolute Gasteiger partial charge is 0.506 e. The molecule has 0 aliphatic heterocycles. The van der Waals surface area contributed by atoms with Crippen molar-refractivity contribution in [2.45, 2.75) is 6.92 Å². The average Bonchev–Trinajstić information content (AvgIpc) is 2.56. The van der Waals surface area contributed by atoms with Crippen molar-refractivity contribution < 1.29 is 14.6 Å². The van der Waals surface area contributed by atoms with Crippen LogP contribution in [-0.2, 0) is 9.53 Å². The van der Waals surface area contributed by atoms with Gasteiger partial charge in [0.2, 0.25) is 0 Å². The Morgan fingerprint density at radius 3 is 2.36 bits per heavy atom. The van der Waals surface area contributed by atoms with Gasteiger partial charge in [-0.1, -0.05) is 34.8 Å². The second kappa shape index (κ2) is 8.90. The molecule has 0 aromatic heterocycles. The predicted molar refractivity (Wildman–Crippen MR) is 102 cm³/mol. The van der Waals surface area contributed by atoms with Gasteiger partial charge in [0.1, 0.15) is 11.3 Å². The van der Waals surface area contributed by atoms with E-state index < -0.39 is 5.97 Å². The summed E-state index contributed by atoms with van der Waals surface area (Å²) in [6.45, 7) is 1.82. The number of nitrogens with zero attached hydrogens (tertiary/aromatic N) is 1. The van der Waals surface area contributed by atoms with Crippen molar-refractivity contribution in [1.29, 1.82) is 0 Å². The van der Waals surface area contributed by atoms with Gasteiger partial charge in [0.25, 0.3) is 0 Å². The van der Waals surface area contributed by atoms with Crippen LogP contribution < -0.4 is 0 Å². The van der Waals surface area contributed by atoms with Crippen LogP contribution in [0.1, 0.15) is 12.5 Å². The lowest BCUT2D eigenvalue weighted by Gasteiger charge is -2.08. The van der Waals surface area contributed by atoms with E-state index in [4.69, 9.17) is 39.5 Å². The number of aliphatic hydroxyl groups excluding tert-OH is 1. The number of rotatable bonds is 5. The molecule has 0 amide bonds. The Hall–Kier alpha value is -2.01. The number of ether oxygens (including phenoxy) is 1. The summed E-state index contributed by atoms with van der Waals surface area (Å²) in [5.41, 5.74) is 0.680. The maximum Gasteiger partial charge on any atom is 0.343 e. The lowest BCUT2D eigenvalue weighted by Crippen LogP contribution is -2.11. The van der Waals surface area contributed by atoms with Crippen molar-refractivity contribution in [2.75, 3.05) is 6.61 Å². The van der Waals surface area contributed by atoms with Gasteiger partial charge in [0, 0.05) is 21.8 Å². The van der Waals surface area contributed by atoms with Gasteiger partial charge in [-0.3, -0.25) is 4.99 Å². The number of benzene rings is 2. The monoisotopic (exact) mass is 397 g/mol. The Morgan fingerprint density at radius 1 is 1.12 bits per heavy atom. The quantitative estimate of drug-likeness (QED) is 0.296. The standard InChI is InChI=1S/C18H14Cl3NO3/c1-2-25-18(24)15(10-22-13-6-3-11(19)4-7-13)17(23)14-8-5-12(20)9-16(14)21/h3-10,23H,2H2,1H3. The predicted octanol–water partition coefficient (Wildman–Crippen LogP) is 5.88.